The molecule has 5 heterocycles. The maximum atomic E-state index is 6.50. The van der Waals surface area contributed by atoms with Gasteiger partial charge in [-0.15, -0.1) is 0 Å². The van der Waals surface area contributed by atoms with Gasteiger partial charge < -0.3 is 4.42 Å². The molecule has 0 amide bonds. The summed E-state index contributed by atoms with van der Waals surface area (Å²) < 4.78 is 6.50. The number of pyridine rings is 2. The Morgan fingerprint density at radius 3 is 1.58 bits per heavy atom. The summed E-state index contributed by atoms with van der Waals surface area (Å²) >= 11 is 0. The lowest BCUT2D eigenvalue weighted by Crippen LogP contribution is -1.89. The molecule has 7 heteroatoms. The van der Waals surface area contributed by atoms with E-state index in [2.05, 4.69) is 32.1 Å². The third-order valence-corrected chi connectivity index (χ3v) is 5.81. The van der Waals surface area contributed by atoms with E-state index in [1.165, 1.54) is 12.7 Å². The van der Waals surface area contributed by atoms with Gasteiger partial charge in [0.15, 0.2) is 11.3 Å². The van der Waals surface area contributed by atoms with Gasteiger partial charge in [0.25, 0.3) is 0 Å². The molecule has 33 heavy (non-hydrogen) atoms. The predicted molar refractivity (Wildman–Crippen MR) is 126 cm³/mol. The molecule has 0 spiro atoms. The van der Waals surface area contributed by atoms with Crippen molar-refractivity contribution in [2.24, 2.45) is 0 Å². The van der Waals surface area contributed by atoms with E-state index in [9.17, 15) is 0 Å². The molecule has 0 aliphatic rings. The van der Waals surface area contributed by atoms with Gasteiger partial charge in [-0.1, -0.05) is 24.3 Å². The zero-order valence-electron chi connectivity index (χ0n) is 17.2. The molecule has 154 valence electrons. The van der Waals surface area contributed by atoms with Gasteiger partial charge in [-0.05, 0) is 36.4 Å². The lowest BCUT2D eigenvalue weighted by Gasteiger charge is -2.03. The molecule has 0 saturated carbocycles. The number of rotatable bonds is 2. The molecule has 5 aromatic heterocycles. The monoisotopic (exact) mass is 426 g/mol. The van der Waals surface area contributed by atoms with E-state index in [-0.39, 0.29) is 0 Å². The number of hydrogen-bond donors (Lipinski definition) is 0. The molecule has 7 nitrogen and oxygen atoms in total. The molecule has 0 bridgehead atoms. The number of para-hydroxylation sites is 2. The van der Waals surface area contributed by atoms with Crippen molar-refractivity contribution in [2.45, 2.75) is 0 Å². The molecule has 0 saturated heterocycles. The summed E-state index contributed by atoms with van der Waals surface area (Å²) in [6, 6.07) is 20.1. The fourth-order valence-corrected chi connectivity index (χ4v) is 4.25. The Morgan fingerprint density at radius 1 is 0.545 bits per heavy atom. The van der Waals surface area contributed by atoms with E-state index in [0.717, 1.165) is 55.2 Å². The highest BCUT2D eigenvalue weighted by molar-refractivity contribution is 6.12. The summed E-state index contributed by atoms with van der Waals surface area (Å²) in [6.07, 6.45) is 6.53. The lowest BCUT2D eigenvalue weighted by atomic mass is 10.0. The summed E-state index contributed by atoms with van der Waals surface area (Å²) in [7, 11) is 0. The standard InChI is InChI=1S/C26H14N6O/c1-3-17-18-4-2-6-20(22-10-8-16-12-28-14-30-26(16)32-22)24(18)33-23(17)19(5-1)21-9-7-15-11-27-13-29-25(15)31-21/h1-14H. The van der Waals surface area contributed by atoms with Crippen LogP contribution in [0.2, 0.25) is 0 Å². The van der Waals surface area contributed by atoms with Crippen molar-refractivity contribution in [3.8, 4) is 22.5 Å². The van der Waals surface area contributed by atoms with Gasteiger partial charge in [0.1, 0.15) is 23.8 Å². The molecular formula is C26H14N6O. The van der Waals surface area contributed by atoms with E-state index < -0.39 is 0 Å². The first kappa shape index (κ1) is 17.9. The van der Waals surface area contributed by atoms with Crippen LogP contribution >= 0.6 is 0 Å². The van der Waals surface area contributed by atoms with Gasteiger partial charge in [-0.2, -0.15) is 0 Å². The van der Waals surface area contributed by atoms with Crippen molar-refractivity contribution in [3.05, 3.63) is 85.7 Å². The maximum absolute atomic E-state index is 6.50. The summed E-state index contributed by atoms with van der Waals surface area (Å²) in [4.78, 5) is 26.2. The molecule has 0 unspecified atom stereocenters. The average molecular weight is 426 g/mol. The van der Waals surface area contributed by atoms with Crippen LogP contribution in [-0.4, -0.2) is 29.9 Å². The first-order chi connectivity index (χ1) is 16.3. The summed E-state index contributed by atoms with van der Waals surface area (Å²) in [6.45, 7) is 0. The van der Waals surface area contributed by atoms with Gasteiger partial charge in [-0.3, -0.25) is 0 Å². The highest BCUT2D eigenvalue weighted by Crippen LogP contribution is 2.39. The second-order valence-corrected chi connectivity index (χ2v) is 7.73. The van der Waals surface area contributed by atoms with E-state index in [0.29, 0.717) is 11.3 Å². The normalized spacial score (nSPS) is 11.6. The zero-order chi connectivity index (χ0) is 21.8. The van der Waals surface area contributed by atoms with Crippen LogP contribution in [0.25, 0.3) is 66.5 Å². The predicted octanol–water partition coefficient (Wildman–Crippen LogP) is 5.60. The van der Waals surface area contributed by atoms with Crippen LogP contribution in [0.4, 0.5) is 0 Å². The van der Waals surface area contributed by atoms with Crippen LogP contribution in [0.1, 0.15) is 0 Å². The maximum Gasteiger partial charge on any atom is 0.163 e. The second-order valence-electron chi connectivity index (χ2n) is 7.73. The minimum atomic E-state index is 0.652. The number of furan rings is 1. The topological polar surface area (TPSA) is 90.5 Å². The second kappa shape index (κ2) is 6.86. The fourth-order valence-electron chi connectivity index (χ4n) is 4.25. The van der Waals surface area contributed by atoms with Crippen molar-refractivity contribution in [2.75, 3.05) is 0 Å². The van der Waals surface area contributed by atoms with Gasteiger partial charge >= 0.3 is 0 Å². The number of hydrogen-bond acceptors (Lipinski definition) is 7. The Hall–Kier alpha value is -4.78. The van der Waals surface area contributed by atoms with E-state index >= 15 is 0 Å². The summed E-state index contributed by atoms with van der Waals surface area (Å²) in [5, 5.41) is 3.84. The van der Waals surface area contributed by atoms with Gasteiger partial charge in [0.05, 0.1) is 11.4 Å². The molecule has 0 aliphatic carbocycles. The Kier molecular flexibility index (Phi) is 3.71. The molecular weight excluding hydrogens is 412 g/mol. The quantitative estimate of drug-likeness (QED) is 0.355. The van der Waals surface area contributed by atoms with Crippen LogP contribution in [0.5, 0.6) is 0 Å². The van der Waals surface area contributed by atoms with Crippen molar-refractivity contribution in [1.82, 2.24) is 29.9 Å². The average Bonchev–Trinajstić information content (AvgIpc) is 3.27. The lowest BCUT2D eigenvalue weighted by molar-refractivity contribution is 0.670. The Balaban J connectivity index is 1.48. The van der Waals surface area contributed by atoms with Crippen LogP contribution < -0.4 is 0 Å². The first-order valence-electron chi connectivity index (χ1n) is 10.4. The number of aromatic nitrogens is 6. The van der Waals surface area contributed by atoms with Crippen molar-refractivity contribution in [3.63, 3.8) is 0 Å². The molecule has 2 aromatic carbocycles. The molecule has 0 atom stereocenters. The van der Waals surface area contributed by atoms with Crippen LogP contribution in [0, 0.1) is 0 Å². The number of fused-ring (bicyclic) bond motifs is 5. The zero-order valence-corrected chi connectivity index (χ0v) is 17.2. The fraction of sp³-hybridized carbons (Fsp3) is 0. The minimum Gasteiger partial charge on any atom is -0.455 e. The third kappa shape index (κ3) is 2.76. The minimum absolute atomic E-state index is 0.652. The molecule has 7 aromatic rings. The summed E-state index contributed by atoms with van der Waals surface area (Å²) in [5.74, 6) is 0. The molecule has 0 aliphatic heterocycles. The van der Waals surface area contributed by atoms with Crippen LogP contribution in [0.15, 0.2) is 90.1 Å². The van der Waals surface area contributed by atoms with Crippen molar-refractivity contribution in [1.29, 1.82) is 0 Å². The first-order valence-corrected chi connectivity index (χ1v) is 10.4. The summed E-state index contributed by atoms with van der Waals surface area (Å²) in [5.41, 5.74) is 6.29. The Bertz CT molecular complexity index is 1710. The smallest absolute Gasteiger partial charge is 0.163 e. The third-order valence-electron chi connectivity index (χ3n) is 5.81. The highest BCUT2D eigenvalue weighted by atomic mass is 16.3. The van der Waals surface area contributed by atoms with Gasteiger partial charge in [-0.25, -0.2) is 29.9 Å². The van der Waals surface area contributed by atoms with Crippen LogP contribution in [-0.2, 0) is 0 Å². The molecule has 0 radical (unpaired) electrons. The largest absolute Gasteiger partial charge is 0.455 e. The molecule has 7 rings (SSSR count). The van der Waals surface area contributed by atoms with Crippen molar-refractivity contribution < 1.29 is 4.42 Å². The van der Waals surface area contributed by atoms with E-state index in [1.807, 2.05) is 48.5 Å². The number of benzene rings is 2. The SMILES string of the molecule is c1cc(-c2ccc3cncnc3n2)c2oc3c(-c4ccc5cncnc5n4)cccc3c2c1. The van der Waals surface area contributed by atoms with Gasteiger partial charge in [0.2, 0.25) is 0 Å². The van der Waals surface area contributed by atoms with Crippen molar-refractivity contribution >= 4 is 44.0 Å². The molecule has 0 N–H and O–H groups in total. The van der Waals surface area contributed by atoms with E-state index in [4.69, 9.17) is 14.4 Å². The van der Waals surface area contributed by atoms with E-state index in [1.54, 1.807) is 12.4 Å². The van der Waals surface area contributed by atoms with Gasteiger partial charge in [0, 0.05) is 45.1 Å². The Morgan fingerprint density at radius 2 is 1.06 bits per heavy atom. The Labute approximate surface area is 186 Å². The highest BCUT2D eigenvalue weighted by Gasteiger charge is 2.17. The molecule has 0 fully saturated rings. The number of nitrogens with zero attached hydrogens (tertiary/aromatic N) is 6. The van der Waals surface area contributed by atoms with Crippen LogP contribution in [0.3, 0.4) is 0 Å².